The second kappa shape index (κ2) is 6.76. The van der Waals surface area contributed by atoms with E-state index >= 15 is 0 Å². The van der Waals surface area contributed by atoms with Crippen LogP contribution in [0.4, 0.5) is 10.5 Å². The zero-order valence-electron chi connectivity index (χ0n) is 10.7. The number of amides is 2. The fourth-order valence-corrected chi connectivity index (χ4v) is 1.32. The van der Waals surface area contributed by atoms with Crippen molar-refractivity contribution in [2.24, 2.45) is 5.92 Å². The summed E-state index contributed by atoms with van der Waals surface area (Å²) in [7, 11) is 0. The van der Waals surface area contributed by atoms with E-state index in [0.717, 1.165) is 0 Å². The Morgan fingerprint density at radius 1 is 1.30 bits per heavy atom. The second-order valence-electron chi connectivity index (χ2n) is 4.06. The van der Waals surface area contributed by atoms with Gasteiger partial charge in [-0.25, -0.2) is 4.79 Å². The number of urea groups is 1. The summed E-state index contributed by atoms with van der Waals surface area (Å²) in [6.45, 7) is 1.46. The number of anilines is 1. The van der Waals surface area contributed by atoms with E-state index in [2.05, 4.69) is 10.6 Å². The van der Waals surface area contributed by atoms with Crippen molar-refractivity contribution >= 4 is 17.7 Å². The van der Waals surface area contributed by atoms with Gasteiger partial charge in [-0.15, -0.1) is 0 Å². The number of hydrogen-bond acceptors (Lipinski definition) is 4. The third-order valence-electron chi connectivity index (χ3n) is 2.51. The number of rotatable bonds is 4. The van der Waals surface area contributed by atoms with Gasteiger partial charge in [0.25, 0.3) is 0 Å². The Balaban J connectivity index is 2.66. The van der Waals surface area contributed by atoms with Gasteiger partial charge in [-0.1, -0.05) is 6.92 Å². The number of carbonyl (C=O) groups excluding carboxylic acids is 1. The average Bonchev–Trinajstić information content (AvgIpc) is 2.44. The molecule has 0 spiro atoms. The summed E-state index contributed by atoms with van der Waals surface area (Å²) in [6.07, 6.45) is 0. The zero-order valence-corrected chi connectivity index (χ0v) is 10.7. The van der Waals surface area contributed by atoms with Gasteiger partial charge in [-0.3, -0.25) is 4.79 Å². The number of hydrogen-bond donors (Lipinski definition) is 3. The molecule has 1 aromatic rings. The Hall–Kier alpha value is -3.06. The molecule has 1 unspecified atom stereocenters. The minimum atomic E-state index is -1.00. The van der Waals surface area contributed by atoms with Gasteiger partial charge >= 0.3 is 12.0 Å². The lowest BCUT2D eigenvalue weighted by Crippen LogP contribution is -2.34. The van der Waals surface area contributed by atoms with Crippen LogP contribution in [0.5, 0.6) is 0 Å². The highest BCUT2D eigenvalue weighted by atomic mass is 16.4. The number of carboxylic acid groups (broad SMARTS) is 1. The predicted octanol–water partition coefficient (Wildman–Crippen LogP) is 1.27. The highest BCUT2D eigenvalue weighted by Gasteiger charge is 2.12. The Labute approximate surface area is 115 Å². The normalized spacial score (nSPS) is 10.8. The summed E-state index contributed by atoms with van der Waals surface area (Å²) in [5.41, 5.74) is 0.725. The Kier molecular flexibility index (Phi) is 5.07. The molecule has 0 heterocycles. The lowest BCUT2D eigenvalue weighted by Gasteiger charge is -2.10. The van der Waals surface area contributed by atoms with Crippen molar-refractivity contribution in [2.45, 2.75) is 6.92 Å². The number of nitrogens with zero attached hydrogens (tertiary/aromatic N) is 2. The number of nitriles is 2. The van der Waals surface area contributed by atoms with Gasteiger partial charge in [-0.2, -0.15) is 10.5 Å². The number of carboxylic acids is 1. The van der Waals surface area contributed by atoms with Crippen LogP contribution >= 0.6 is 0 Å². The van der Waals surface area contributed by atoms with Crippen LogP contribution in [0.1, 0.15) is 18.1 Å². The van der Waals surface area contributed by atoms with E-state index in [1.54, 1.807) is 0 Å². The van der Waals surface area contributed by atoms with Gasteiger partial charge in [0.15, 0.2) is 0 Å². The largest absolute Gasteiger partial charge is 0.481 e. The molecule has 0 radical (unpaired) electrons. The topological polar surface area (TPSA) is 126 Å². The Bertz CT molecular complexity index is 613. The third-order valence-corrected chi connectivity index (χ3v) is 2.51. The summed E-state index contributed by atoms with van der Waals surface area (Å²) in [5.74, 6) is -1.70. The number of carbonyl (C=O) groups is 2. The van der Waals surface area contributed by atoms with Crippen molar-refractivity contribution in [3.8, 4) is 12.1 Å². The maximum absolute atomic E-state index is 11.5. The summed E-state index contributed by atoms with van der Waals surface area (Å²) in [4.78, 5) is 22.1. The molecule has 7 heteroatoms. The molecule has 102 valence electrons. The molecular formula is C13H12N4O3. The fraction of sp³-hybridized carbons (Fsp3) is 0.231. The molecule has 0 fully saturated rings. The van der Waals surface area contributed by atoms with Crippen LogP contribution in [0.25, 0.3) is 0 Å². The van der Waals surface area contributed by atoms with E-state index in [4.69, 9.17) is 15.6 Å². The molecule has 1 rings (SSSR count). The fourth-order valence-electron chi connectivity index (χ4n) is 1.32. The van der Waals surface area contributed by atoms with Crippen molar-refractivity contribution in [2.75, 3.05) is 11.9 Å². The predicted molar refractivity (Wildman–Crippen MR) is 69.7 cm³/mol. The van der Waals surface area contributed by atoms with Crippen molar-refractivity contribution in [3.63, 3.8) is 0 Å². The summed E-state index contributed by atoms with van der Waals surface area (Å²) in [5, 5.41) is 31.1. The average molecular weight is 272 g/mol. The summed E-state index contributed by atoms with van der Waals surface area (Å²) >= 11 is 0. The van der Waals surface area contributed by atoms with Crippen LogP contribution in [0, 0.1) is 28.6 Å². The lowest BCUT2D eigenvalue weighted by molar-refractivity contribution is -0.140. The Morgan fingerprint density at radius 2 is 1.95 bits per heavy atom. The molecule has 1 atom stereocenters. The summed E-state index contributed by atoms with van der Waals surface area (Å²) in [6, 6.07) is 7.42. The molecule has 3 N–H and O–H groups in total. The van der Waals surface area contributed by atoms with Crippen LogP contribution in [-0.4, -0.2) is 23.7 Å². The van der Waals surface area contributed by atoms with E-state index < -0.39 is 17.9 Å². The van der Waals surface area contributed by atoms with Crippen LogP contribution in [0.2, 0.25) is 0 Å². The molecule has 0 aliphatic rings. The number of benzene rings is 1. The van der Waals surface area contributed by atoms with Crippen molar-refractivity contribution in [3.05, 3.63) is 29.3 Å². The van der Waals surface area contributed by atoms with Gasteiger partial charge < -0.3 is 15.7 Å². The highest BCUT2D eigenvalue weighted by molar-refractivity contribution is 5.89. The molecule has 0 aromatic heterocycles. The van der Waals surface area contributed by atoms with E-state index in [1.165, 1.54) is 25.1 Å². The quantitative estimate of drug-likeness (QED) is 0.760. The molecule has 20 heavy (non-hydrogen) atoms. The van der Waals surface area contributed by atoms with Crippen LogP contribution < -0.4 is 10.6 Å². The maximum Gasteiger partial charge on any atom is 0.319 e. The van der Waals surface area contributed by atoms with Crippen molar-refractivity contribution < 1.29 is 14.7 Å². The molecule has 1 aromatic carbocycles. The smallest absolute Gasteiger partial charge is 0.319 e. The first-order valence-corrected chi connectivity index (χ1v) is 5.69. The molecule has 0 aliphatic carbocycles. The monoisotopic (exact) mass is 272 g/mol. The van der Waals surface area contributed by atoms with Crippen LogP contribution in [0.3, 0.4) is 0 Å². The lowest BCUT2D eigenvalue weighted by atomic mass is 10.1. The van der Waals surface area contributed by atoms with Crippen LogP contribution in [-0.2, 0) is 4.79 Å². The zero-order chi connectivity index (χ0) is 15.1. The first-order chi connectivity index (χ1) is 9.47. The first kappa shape index (κ1) is 15.0. The SMILES string of the molecule is CC(CNC(=O)Nc1ccc(C#N)c(C#N)c1)C(=O)O. The van der Waals surface area contributed by atoms with Gasteiger partial charge in [0, 0.05) is 12.2 Å². The summed E-state index contributed by atoms with van der Waals surface area (Å²) < 4.78 is 0. The van der Waals surface area contributed by atoms with Gasteiger partial charge in [0.05, 0.1) is 17.0 Å². The van der Waals surface area contributed by atoms with Crippen molar-refractivity contribution in [1.29, 1.82) is 10.5 Å². The Morgan fingerprint density at radius 3 is 2.50 bits per heavy atom. The first-order valence-electron chi connectivity index (χ1n) is 5.69. The molecule has 7 nitrogen and oxygen atoms in total. The van der Waals surface area contributed by atoms with E-state index in [1.807, 2.05) is 12.1 Å². The highest BCUT2D eigenvalue weighted by Crippen LogP contribution is 2.14. The molecule has 0 saturated carbocycles. The van der Waals surface area contributed by atoms with E-state index in [0.29, 0.717) is 5.69 Å². The minimum absolute atomic E-state index is 0.0114. The number of nitrogens with one attached hydrogen (secondary N) is 2. The number of aliphatic carboxylic acids is 1. The van der Waals surface area contributed by atoms with Gasteiger partial charge in [-0.05, 0) is 18.2 Å². The minimum Gasteiger partial charge on any atom is -0.481 e. The van der Waals surface area contributed by atoms with E-state index in [9.17, 15) is 9.59 Å². The van der Waals surface area contributed by atoms with Gasteiger partial charge in [0.1, 0.15) is 12.1 Å². The third kappa shape index (κ3) is 4.00. The standard InChI is InChI=1S/C13H12N4O3/c1-8(12(18)19)7-16-13(20)17-11-3-2-9(5-14)10(4-11)6-15/h2-4,8H,7H2,1H3,(H,18,19)(H2,16,17,20). The molecular weight excluding hydrogens is 260 g/mol. The molecule has 0 aliphatic heterocycles. The molecule has 0 saturated heterocycles. The maximum atomic E-state index is 11.5. The van der Waals surface area contributed by atoms with E-state index in [-0.39, 0.29) is 17.7 Å². The molecule has 0 bridgehead atoms. The molecule has 2 amide bonds. The van der Waals surface area contributed by atoms with Gasteiger partial charge in [0.2, 0.25) is 0 Å². The second-order valence-corrected chi connectivity index (χ2v) is 4.06. The van der Waals surface area contributed by atoms with Crippen LogP contribution in [0.15, 0.2) is 18.2 Å². The van der Waals surface area contributed by atoms with Crippen molar-refractivity contribution in [1.82, 2.24) is 5.32 Å².